The van der Waals surface area contributed by atoms with Crippen LogP contribution in [-0.2, 0) is 11.2 Å². The average Bonchev–Trinajstić information content (AvgIpc) is 2.14. The van der Waals surface area contributed by atoms with Gasteiger partial charge in [0.25, 0.3) is 0 Å². The van der Waals surface area contributed by atoms with E-state index in [4.69, 9.17) is 23.2 Å². The highest BCUT2D eigenvalue weighted by Gasteiger charge is 2.17. The molecule has 72 valence electrons. The van der Waals surface area contributed by atoms with Crippen LogP contribution in [0.1, 0.15) is 11.1 Å². The van der Waals surface area contributed by atoms with Crippen LogP contribution in [-0.4, -0.2) is 10.9 Å². The van der Waals surface area contributed by atoms with Gasteiger partial charge in [-0.25, -0.2) is 0 Å². The summed E-state index contributed by atoms with van der Waals surface area (Å²) in [7, 11) is 0. The molecule has 0 saturated carbocycles. The number of hydrogen-bond acceptors (Lipinski definition) is 2. The van der Waals surface area contributed by atoms with E-state index in [0.29, 0.717) is 5.56 Å². The van der Waals surface area contributed by atoms with Crippen molar-refractivity contribution in [1.82, 2.24) is 0 Å². The first-order chi connectivity index (χ1) is 6.59. The summed E-state index contributed by atoms with van der Waals surface area (Å²) in [4.78, 5) is 11.1. The predicted molar refractivity (Wildman–Crippen MR) is 55.9 cm³/mol. The van der Waals surface area contributed by atoms with E-state index in [0.717, 1.165) is 5.56 Å². The van der Waals surface area contributed by atoms with E-state index in [-0.39, 0.29) is 28.0 Å². The molecule has 1 aliphatic carbocycles. The Morgan fingerprint density at radius 1 is 1.29 bits per heavy atom. The maximum Gasteiger partial charge on any atom is 0.160 e. The van der Waals surface area contributed by atoms with Crippen LogP contribution in [0.15, 0.2) is 12.1 Å². The summed E-state index contributed by atoms with van der Waals surface area (Å²) in [6.07, 6.45) is 3.33. The Labute approximate surface area is 90.8 Å². The van der Waals surface area contributed by atoms with Gasteiger partial charge >= 0.3 is 0 Å². The fourth-order valence-electron chi connectivity index (χ4n) is 1.42. The minimum Gasteiger partial charge on any atom is -0.505 e. The molecule has 2 nitrogen and oxygen atoms in total. The number of benzene rings is 1. The standard InChI is InChI=1S/C10H6Cl2O2/c11-8-4-5-3-6(13)1-2-7(5)9(12)10(8)14/h1-2,4,14H,3H2. The first-order valence-corrected chi connectivity index (χ1v) is 4.76. The minimum absolute atomic E-state index is 0.00956. The van der Waals surface area contributed by atoms with Gasteiger partial charge in [0.1, 0.15) is 0 Å². The van der Waals surface area contributed by atoms with Gasteiger partial charge in [0.05, 0.1) is 10.0 Å². The van der Waals surface area contributed by atoms with Gasteiger partial charge in [-0.3, -0.25) is 4.79 Å². The molecular formula is C10H6Cl2O2. The highest BCUT2D eigenvalue weighted by Crippen LogP contribution is 2.38. The number of hydrogen-bond donors (Lipinski definition) is 1. The Morgan fingerprint density at radius 2 is 2.00 bits per heavy atom. The lowest BCUT2D eigenvalue weighted by Crippen LogP contribution is -2.05. The molecule has 0 atom stereocenters. The van der Waals surface area contributed by atoms with E-state index in [9.17, 15) is 9.90 Å². The summed E-state index contributed by atoms with van der Waals surface area (Å²) in [5.41, 5.74) is 1.43. The lowest BCUT2D eigenvalue weighted by molar-refractivity contribution is -0.114. The maximum absolute atomic E-state index is 11.1. The van der Waals surface area contributed by atoms with Crippen LogP contribution in [0.5, 0.6) is 5.75 Å². The van der Waals surface area contributed by atoms with Crippen molar-refractivity contribution in [2.75, 3.05) is 0 Å². The molecular weight excluding hydrogens is 223 g/mol. The smallest absolute Gasteiger partial charge is 0.160 e. The second-order valence-corrected chi connectivity index (χ2v) is 3.86. The highest BCUT2D eigenvalue weighted by atomic mass is 35.5. The SMILES string of the molecule is O=C1C=Cc2c(cc(Cl)c(O)c2Cl)C1. The molecule has 0 amide bonds. The number of fused-ring (bicyclic) bond motifs is 1. The van der Waals surface area contributed by atoms with Crippen molar-refractivity contribution in [2.45, 2.75) is 6.42 Å². The Morgan fingerprint density at radius 3 is 2.71 bits per heavy atom. The largest absolute Gasteiger partial charge is 0.505 e. The number of rotatable bonds is 0. The van der Waals surface area contributed by atoms with Crippen molar-refractivity contribution in [2.24, 2.45) is 0 Å². The zero-order valence-corrected chi connectivity index (χ0v) is 8.56. The van der Waals surface area contributed by atoms with Crippen LogP contribution >= 0.6 is 23.2 Å². The molecule has 0 radical (unpaired) electrons. The molecule has 0 aromatic heterocycles. The van der Waals surface area contributed by atoms with Crippen molar-refractivity contribution in [3.63, 3.8) is 0 Å². The van der Waals surface area contributed by atoms with E-state index in [1.807, 2.05) is 0 Å². The number of ketones is 1. The van der Waals surface area contributed by atoms with Crippen LogP contribution in [0.3, 0.4) is 0 Å². The van der Waals surface area contributed by atoms with Crippen LogP contribution in [0.25, 0.3) is 6.08 Å². The third-order valence-electron chi connectivity index (χ3n) is 2.12. The van der Waals surface area contributed by atoms with E-state index in [2.05, 4.69) is 0 Å². The summed E-state index contributed by atoms with van der Waals surface area (Å²) in [6, 6.07) is 1.57. The fourth-order valence-corrected chi connectivity index (χ4v) is 1.98. The Kier molecular flexibility index (Phi) is 2.25. The number of carbonyl (C=O) groups is 1. The minimum atomic E-state index is -0.133. The molecule has 1 aromatic carbocycles. The average molecular weight is 229 g/mol. The molecule has 1 aliphatic rings. The van der Waals surface area contributed by atoms with E-state index < -0.39 is 0 Å². The van der Waals surface area contributed by atoms with Gasteiger partial charge < -0.3 is 5.11 Å². The zero-order chi connectivity index (χ0) is 10.3. The molecule has 1 aromatic rings. The van der Waals surface area contributed by atoms with Crippen molar-refractivity contribution in [3.05, 3.63) is 33.3 Å². The fraction of sp³-hybridized carbons (Fsp3) is 0.100. The summed E-state index contributed by atoms with van der Waals surface area (Å²) < 4.78 is 0. The summed E-state index contributed by atoms with van der Waals surface area (Å²) in [5.74, 6) is -0.124. The van der Waals surface area contributed by atoms with Crippen molar-refractivity contribution in [3.8, 4) is 5.75 Å². The van der Waals surface area contributed by atoms with Crippen molar-refractivity contribution < 1.29 is 9.90 Å². The van der Waals surface area contributed by atoms with Gasteiger partial charge in [0, 0.05) is 12.0 Å². The zero-order valence-electron chi connectivity index (χ0n) is 7.05. The molecule has 0 aliphatic heterocycles. The Balaban J connectivity index is 2.69. The third-order valence-corrected chi connectivity index (χ3v) is 2.79. The summed E-state index contributed by atoms with van der Waals surface area (Å²) in [5, 5.41) is 9.83. The second-order valence-electron chi connectivity index (χ2n) is 3.07. The van der Waals surface area contributed by atoms with Gasteiger partial charge in [-0.15, -0.1) is 0 Å². The quantitative estimate of drug-likeness (QED) is 0.742. The first kappa shape index (κ1) is 9.56. The normalized spacial score (nSPS) is 14.3. The number of phenols is 1. The molecule has 2 rings (SSSR count). The van der Waals surface area contributed by atoms with Crippen LogP contribution in [0.4, 0.5) is 0 Å². The molecule has 0 saturated heterocycles. The van der Waals surface area contributed by atoms with Gasteiger partial charge in [-0.2, -0.15) is 0 Å². The predicted octanol–water partition coefficient (Wildman–Crippen LogP) is 2.84. The molecule has 0 spiro atoms. The summed E-state index contributed by atoms with van der Waals surface area (Å²) in [6.45, 7) is 0. The molecule has 0 bridgehead atoms. The summed E-state index contributed by atoms with van der Waals surface area (Å²) >= 11 is 11.6. The lowest BCUT2D eigenvalue weighted by atomic mass is 9.96. The van der Waals surface area contributed by atoms with Crippen molar-refractivity contribution in [1.29, 1.82) is 0 Å². The third kappa shape index (κ3) is 1.41. The van der Waals surface area contributed by atoms with E-state index >= 15 is 0 Å². The monoisotopic (exact) mass is 228 g/mol. The van der Waals surface area contributed by atoms with Gasteiger partial charge in [0.15, 0.2) is 11.5 Å². The second kappa shape index (κ2) is 3.30. The maximum atomic E-state index is 11.1. The molecule has 4 heteroatoms. The van der Waals surface area contributed by atoms with E-state index in [1.165, 1.54) is 6.08 Å². The van der Waals surface area contributed by atoms with Crippen LogP contribution < -0.4 is 0 Å². The molecule has 14 heavy (non-hydrogen) atoms. The molecule has 0 heterocycles. The molecule has 1 N–H and O–H groups in total. The Hall–Kier alpha value is -0.990. The number of allylic oxidation sites excluding steroid dienone is 1. The molecule has 0 fully saturated rings. The van der Waals surface area contributed by atoms with Crippen LogP contribution in [0.2, 0.25) is 10.0 Å². The topological polar surface area (TPSA) is 37.3 Å². The number of halogens is 2. The lowest BCUT2D eigenvalue weighted by Gasteiger charge is -2.13. The van der Waals surface area contributed by atoms with Crippen LogP contribution in [0, 0.1) is 0 Å². The van der Waals surface area contributed by atoms with E-state index in [1.54, 1.807) is 12.1 Å². The first-order valence-electron chi connectivity index (χ1n) is 4.00. The number of aromatic hydroxyl groups is 1. The number of carbonyl (C=O) groups excluding carboxylic acids is 1. The number of phenolic OH excluding ortho intramolecular Hbond substituents is 1. The van der Waals surface area contributed by atoms with Gasteiger partial charge in [0.2, 0.25) is 0 Å². The van der Waals surface area contributed by atoms with Gasteiger partial charge in [-0.1, -0.05) is 23.2 Å². The van der Waals surface area contributed by atoms with Crippen molar-refractivity contribution >= 4 is 35.1 Å². The highest BCUT2D eigenvalue weighted by molar-refractivity contribution is 6.38. The molecule has 0 unspecified atom stereocenters. The Bertz CT molecular complexity index is 450. The van der Waals surface area contributed by atoms with Gasteiger partial charge in [-0.05, 0) is 23.8 Å².